The van der Waals surface area contributed by atoms with E-state index in [1.165, 1.54) is 52.1 Å². The molecular formula is C27H46O3. The smallest absolute Gasteiger partial charge is 0.305 e. The highest BCUT2D eigenvalue weighted by atomic mass is 16.5. The molecule has 4 fully saturated rings. The lowest BCUT2D eigenvalue weighted by Crippen LogP contribution is -2.56. The van der Waals surface area contributed by atoms with Crippen LogP contribution in [0.5, 0.6) is 0 Å². The van der Waals surface area contributed by atoms with Gasteiger partial charge >= 0.3 is 5.97 Å². The van der Waals surface area contributed by atoms with Gasteiger partial charge in [0, 0.05) is 6.42 Å². The summed E-state index contributed by atoms with van der Waals surface area (Å²) in [6.07, 6.45) is 13.9. The Balaban J connectivity index is 1.48. The maximum absolute atomic E-state index is 11.7. The van der Waals surface area contributed by atoms with Gasteiger partial charge in [-0.15, -0.1) is 0 Å². The molecule has 0 radical (unpaired) electrons. The Morgan fingerprint density at radius 1 is 1.03 bits per heavy atom. The number of carbonyl (C=O) groups is 1. The van der Waals surface area contributed by atoms with Gasteiger partial charge in [0.15, 0.2) is 0 Å². The summed E-state index contributed by atoms with van der Waals surface area (Å²) in [5.74, 6) is 4.65. The number of fused-ring (bicyclic) bond motifs is 5. The zero-order chi connectivity index (χ0) is 21.7. The van der Waals surface area contributed by atoms with Crippen LogP contribution in [0.1, 0.15) is 105 Å². The number of carbonyl (C=O) groups excluding carboxylic acids is 1. The van der Waals surface area contributed by atoms with Crippen molar-refractivity contribution >= 4 is 5.97 Å². The highest BCUT2D eigenvalue weighted by Crippen LogP contribution is 2.69. The molecule has 0 spiro atoms. The van der Waals surface area contributed by atoms with E-state index in [1.807, 2.05) is 0 Å². The van der Waals surface area contributed by atoms with Crippen molar-refractivity contribution in [2.24, 2.45) is 46.3 Å². The Hall–Kier alpha value is -0.570. The Bertz CT molecular complexity index is 646. The fourth-order valence-corrected chi connectivity index (χ4v) is 9.27. The molecule has 30 heavy (non-hydrogen) atoms. The Kier molecular flexibility index (Phi) is 6.10. The van der Waals surface area contributed by atoms with Crippen LogP contribution in [0.15, 0.2) is 0 Å². The number of ether oxygens (including phenoxy) is 1. The molecule has 4 rings (SSSR count). The molecule has 4 aliphatic carbocycles. The first-order valence-corrected chi connectivity index (χ1v) is 13.0. The predicted octanol–water partition coefficient (Wildman–Crippen LogP) is 6.38. The number of methoxy groups -OCH3 is 1. The lowest BCUT2D eigenvalue weighted by atomic mass is 9.43. The van der Waals surface area contributed by atoms with Crippen molar-refractivity contribution in [1.82, 2.24) is 0 Å². The van der Waals surface area contributed by atoms with Gasteiger partial charge in [-0.05, 0) is 117 Å². The minimum Gasteiger partial charge on any atom is -0.469 e. The van der Waals surface area contributed by atoms with Crippen LogP contribution in [0, 0.1) is 46.3 Å². The molecule has 0 aromatic heterocycles. The zero-order valence-corrected chi connectivity index (χ0v) is 20.2. The third kappa shape index (κ3) is 3.55. The van der Waals surface area contributed by atoms with Crippen LogP contribution < -0.4 is 0 Å². The van der Waals surface area contributed by atoms with E-state index in [1.54, 1.807) is 0 Å². The third-order valence-electron chi connectivity index (χ3n) is 11.3. The zero-order valence-electron chi connectivity index (χ0n) is 20.2. The average Bonchev–Trinajstić information content (AvgIpc) is 3.09. The molecule has 0 aliphatic heterocycles. The summed E-state index contributed by atoms with van der Waals surface area (Å²) in [6, 6.07) is 0. The maximum Gasteiger partial charge on any atom is 0.305 e. The summed E-state index contributed by atoms with van der Waals surface area (Å²) in [4.78, 5) is 11.7. The summed E-state index contributed by atoms with van der Waals surface area (Å²) < 4.78 is 4.89. The van der Waals surface area contributed by atoms with E-state index < -0.39 is 5.60 Å². The lowest BCUT2D eigenvalue weighted by molar-refractivity contribution is -0.153. The first-order valence-electron chi connectivity index (χ1n) is 13.0. The molecule has 0 bridgehead atoms. The van der Waals surface area contributed by atoms with E-state index in [-0.39, 0.29) is 5.97 Å². The van der Waals surface area contributed by atoms with E-state index in [0.29, 0.717) is 23.2 Å². The molecule has 4 aliphatic rings. The first kappa shape index (κ1) is 22.6. The quantitative estimate of drug-likeness (QED) is 0.527. The molecule has 0 saturated heterocycles. The molecule has 0 aromatic rings. The third-order valence-corrected chi connectivity index (χ3v) is 11.3. The molecule has 172 valence electrons. The van der Waals surface area contributed by atoms with Crippen LogP contribution in [0.2, 0.25) is 0 Å². The minimum absolute atomic E-state index is 0.0548. The fourth-order valence-electron chi connectivity index (χ4n) is 9.27. The van der Waals surface area contributed by atoms with Gasteiger partial charge in [-0.25, -0.2) is 0 Å². The summed E-state index contributed by atoms with van der Waals surface area (Å²) in [5.41, 5.74) is 0.507. The van der Waals surface area contributed by atoms with Crippen molar-refractivity contribution in [3.8, 4) is 0 Å². The van der Waals surface area contributed by atoms with E-state index >= 15 is 0 Å². The van der Waals surface area contributed by atoms with Crippen molar-refractivity contribution in [3.63, 3.8) is 0 Å². The maximum atomic E-state index is 11.7. The standard InChI is InChI=1S/C27H46O3/c1-6-27(29)16-15-25(3)19(17-27)8-9-20-22-11-10-21(18(2)7-12-24(28)30-5)26(22,4)14-13-23(20)25/h18-23,29H,6-17H2,1-5H3/t18-,19+,20+,21-,22+,23+,25+,26-,27+/m1/s1. The predicted molar refractivity (Wildman–Crippen MR) is 121 cm³/mol. The van der Waals surface area contributed by atoms with Gasteiger partial charge in [-0.3, -0.25) is 4.79 Å². The lowest BCUT2D eigenvalue weighted by Gasteiger charge is -2.62. The van der Waals surface area contributed by atoms with Gasteiger partial charge in [0.25, 0.3) is 0 Å². The largest absolute Gasteiger partial charge is 0.469 e. The van der Waals surface area contributed by atoms with Gasteiger partial charge < -0.3 is 9.84 Å². The molecule has 0 unspecified atom stereocenters. The van der Waals surface area contributed by atoms with Crippen molar-refractivity contribution in [2.45, 2.75) is 110 Å². The van der Waals surface area contributed by atoms with Crippen LogP contribution in [0.4, 0.5) is 0 Å². The number of hydrogen-bond acceptors (Lipinski definition) is 3. The SMILES string of the molecule is CC[C@]1(O)CC[C@@]2(C)[C@@H](CC[C@@H]3[C@@H]2CC[C@]2(C)[C@@H]([C@H](C)CCC(=O)OC)CC[C@@H]32)C1. The normalized spacial score (nSPS) is 48.9. The second-order valence-electron chi connectivity index (χ2n) is 12.3. The number of esters is 1. The van der Waals surface area contributed by atoms with Crippen molar-refractivity contribution < 1.29 is 14.6 Å². The van der Waals surface area contributed by atoms with Crippen LogP contribution in [-0.2, 0) is 9.53 Å². The minimum atomic E-state index is -0.395. The average molecular weight is 419 g/mol. The summed E-state index contributed by atoms with van der Waals surface area (Å²) in [6.45, 7) is 9.75. The van der Waals surface area contributed by atoms with Gasteiger partial charge in [-0.2, -0.15) is 0 Å². The van der Waals surface area contributed by atoms with Gasteiger partial charge in [0.1, 0.15) is 0 Å². The van der Waals surface area contributed by atoms with Gasteiger partial charge in [0.2, 0.25) is 0 Å². The molecule has 3 heteroatoms. The summed E-state index contributed by atoms with van der Waals surface area (Å²) in [5, 5.41) is 11.0. The molecule has 3 nitrogen and oxygen atoms in total. The number of rotatable bonds is 5. The van der Waals surface area contributed by atoms with E-state index in [9.17, 15) is 9.90 Å². The second kappa shape index (κ2) is 8.09. The molecule has 0 heterocycles. The molecular weight excluding hydrogens is 372 g/mol. The molecule has 9 atom stereocenters. The Labute approximate surface area is 184 Å². The Morgan fingerprint density at radius 3 is 2.47 bits per heavy atom. The van der Waals surface area contributed by atoms with Gasteiger partial charge in [0.05, 0.1) is 12.7 Å². The van der Waals surface area contributed by atoms with Crippen molar-refractivity contribution in [1.29, 1.82) is 0 Å². The summed E-state index contributed by atoms with van der Waals surface area (Å²) >= 11 is 0. The highest BCUT2D eigenvalue weighted by molar-refractivity contribution is 5.69. The van der Waals surface area contributed by atoms with Crippen LogP contribution >= 0.6 is 0 Å². The molecule has 1 N–H and O–H groups in total. The second-order valence-corrected chi connectivity index (χ2v) is 12.3. The number of hydrogen-bond donors (Lipinski definition) is 1. The monoisotopic (exact) mass is 418 g/mol. The molecule has 0 amide bonds. The van der Waals surface area contributed by atoms with Crippen molar-refractivity contribution in [2.75, 3.05) is 7.11 Å². The first-order chi connectivity index (χ1) is 14.2. The van der Waals surface area contributed by atoms with Crippen LogP contribution in [0.3, 0.4) is 0 Å². The molecule has 0 aromatic carbocycles. The topological polar surface area (TPSA) is 46.5 Å². The van der Waals surface area contributed by atoms with E-state index in [0.717, 1.165) is 55.3 Å². The Morgan fingerprint density at radius 2 is 1.77 bits per heavy atom. The van der Waals surface area contributed by atoms with Crippen LogP contribution in [-0.4, -0.2) is 23.8 Å². The van der Waals surface area contributed by atoms with E-state index in [4.69, 9.17) is 4.74 Å². The highest BCUT2D eigenvalue weighted by Gasteiger charge is 2.61. The van der Waals surface area contributed by atoms with Gasteiger partial charge in [-0.1, -0.05) is 27.7 Å². The van der Waals surface area contributed by atoms with Crippen molar-refractivity contribution in [3.05, 3.63) is 0 Å². The fraction of sp³-hybridized carbons (Fsp3) is 0.963. The molecule has 4 saturated carbocycles. The summed E-state index contributed by atoms with van der Waals surface area (Å²) in [7, 11) is 1.50. The van der Waals surface area contributed by atoms with E-state index in [2.05, 4.69) is 27.7 Å². The van der Waals surface area contributed by atoms with Crippen LogP contribution in [0.25, 0.3) is 0 Å². The number of aliphatic hydroxyl groups is 1.